The molecule has 3 heteroatoms. The average molecular weight is 155 g/mol. The Morgan fingerprint density at radius 3 is 2.55 bits per heavy atom. The van der Waals surface area contributed by atoms with Crippen LogP contribution in [0.3, 0.4) is 0 Å². The Morgan fingerprint density at radius 1 is 1.55 bits per heavy atom. The molecule has 0 unspecified atom stereocenters. The van der Waals surface area contributed by atoms with Crippen LogP contribution in [0.4, 0.5) is 0 Å². The van der Waals surface area contributed by atoms with Crippen molar-refractivity contribution < 1.29 is 0 Å². The highest BCUT2D eigenvalue weighted by atomic mass is 15.3. The van der Waals surface area contributed by atoms with Gasteiger partial charge < -0.3 is 5.73 Å². The summed E-state index contributed by atoms with van der Waals surface area (Å²) in [5.41, 5.74) is 6.49. The van der Waals surface area contributed by atoms with Gasteiger partial charge in [-0.2, -0.15) is 5.10 Å². The first-order valence-electron chi connectivity index (χ1n) is 4.02. The SMILES string of the molecule is CC.Cc1cnn(CCN)c1. The molecule has 1 heterocycles. The van der Waals surface area contributed by atoms with E-state index in [0.717, 1.165) is 6.54 Å². The van der Waals surface area contributed by atoms with E-state index in [0.29, 0.717) is 6.54 Å². The fourth-order valence-electron chi connectivity index (χ4n) is 0.722. The van der Waals surface area contributed by atoms with E-state index in [1.165, 1.54) is 5.56 Å². The van der Waals surface area contributed by atoms with Crippen molar-refractivity contribution >= 4 is 0 Å². The van der Waals surface area contributed by atoms with Gasteiger partial charge in [0.2, 0.25) is 0 Å². The van der Waals surface area contributed by atoms with Crippen molar-refractivity contribution in [3.05, 3.63) is 18.0 Å². The van der Waals surface area contributed by atoms with Crippen LogP contribution in [-0.2, 0) is 6.54 Å². The Hall–Kier alpha value is -0.830. The third kappa shape index (κ3) is 3.78. The highest BCUT2D eigenvalue weighted by molar-refractivity contribution is 4.99. The van der Waals surface area contributed by atoms with E-state index in [1.807, 2.05) is 37.8 Å². The van der Waals surface area contributed by atoms with Gasteiger partial charge in [0.05, 0.1) is 12.7 Å². The molecule has 1 rings (SSSR count). The summed E-state index contributed by atoms with van der Waals surface area (Å²) in [7, 11) is 0. The summed E-state index contributed by atoms with van der Waals surface area (Å²) < 4.78 is 1.84. The zero-order chi connectivity index (χ0) is 8.69. The van der Waals surface area contributed by atoms with Gasteiger partial charge in [0.15, 0.2) is 0 Å². The lowest BCUT2D eigenvalue weighted by atomic mass is 10.4. The van der Waals surface area contributed by atoms with Crippen LogP contribution in [0, 0.1) is 6.92 Å². The number of aryl methyl sites for hydroxylation is 1. The smallest absolute Gasteiger partial charge is 0.0531 e. The van der Waals surface area contributed by atoms with E-state index in [9.17, 15) is 0 Å². The van der Waals surface area contributed by atoms with E-state index in [1.54, 1.807) is 0 Å². The van der Waals surface area contributed by atoms with Crippen molar-refractivity contribution in [3.63, 3.8) is 0 Å². The molecule has 0 bridgehead atoms. The van der Waals surface area contributed by atoms with Gasteiger partial charge in [-0.05, 0) is 12.5 Å². The summed E-state index contributed by atoms with van der Waals surface area (Å²) in [4.78, 5) is 0. The molecule has 64 valence electrons. The predicted octanol–water partition coefficient (Wildman–Crippen LogP) is 1.18. The Labute approximate surface area is 68.2 Å². The minimum absolute atomic E-state index is 0.654. The summed E-state index contributed by atoms with van der Waals surface area (Å²) in [6.07, 6.45) is 3.81. The molecule has 0 saturated heterocycles. The lowest BCUT2D eigenvalue weighted by Crippen LogP contribution is -2.09. The second-order valence-corrected chi connectivity index (χ2v) is 2.07. The lowest BCUT2D eigenvalue weighted by molar-refractivity contribution is 0.625. The maximum absolute atomic E-state index is 5.31. The molecule has 0 aliphatic carbocycles. The first-order chi connectivity index (χ1) is 5.33. The van der Waals surface area contributed by atoms with E-state index < -0.39 is 0 Å². The van der Waals surface area contributed by atoms with Gasteiger partial charge in [-0.3, -0.25) is 4.68 Å². The second kappa shape index (κ2) is 5.92. The largest absolute Gasteiger partial charge is 0.329 e. The van der Waals surface area contributed by atoms with Gasteiger partial charge in [0, 0.05) is 12.7 Å². The van der Waals surface area contributed by atoms with Gasteiger partial charge in [-0.15, -0.1) is 0 Å². The fraction of sp³-hybridized carbons (Fsp3) is 0.625. The summed E-state index contributed by atoms with van der Waals surface area (Å²) in [5, 5.41) is 4.04. The summed E-state index contributed by atoms with van der Waals surface area (Å²) in [6, 6.07) is 0. The molecule has 0 fully saturated rings. The van der Waals surface area contributed by atoms with Crippen LogP contribution < -0.4 is 5.73 Å². The minimum atomic E-state index is 0.654. The summed E-state index contributed by atoms with van der Waals surface area (Å²) >= 11 is 0. The Balaban J connectivity index is 0.000000461. The molecule has 0 aliphatic rings. The molecule has 2 N–H and O–H groups in total. The third-order valence-corrected chi connectivity index (χ3v) is 1.12. The van der Waals surface area contributed by atoms with Crippen molar-refractivity contribution in [1.82, 2.24) is 9.78 Å². The zero-order valence-corrected chi connectivity index (χ0v) is 7.54. The third-order valence-electron chi connectivity index (χ3n) is 1.12. The predicted molar refractivity (Wildman–Crippen MR) is 47.4 cm³/mol. The monoisotopic (exact) mass is 155 g/mol. The highest BCUT2D eigenvalue weighted by Gasteiger charge is 1.88. The van der Waals surface area contributed by atoms with Crippen molar-refractivity contribution in [2.75, 3.05) is 6.54 Å². The number of rotatable bonds is 2. The zero-order valence-electron chi connectivity index (χ0n) is 7.54. The van der Waals surface area contributed by atoms with E-state index >= 15 is 0 Å². The first-order valence-corrected chi connectivity index (χ1v) is 4.02. The number of aromatic nitrogens is 2. The first kappa shape index (κ1) is 10.2. The van der Waals surface area contributed by atoms with Crippen molar-refractivity contribution in [3.8, 4) is 0 Å². The topological polar surface area (TPSA) is 43.8 Å². The standard InChI is InChI=1S/C6H11N3.C2H6/c1-6-4-8-9(5-6)3-2-7;1-2/h4-5H,2-3,7H2,1H3;1-2H3. The van der Waals surface area contributed by atoms with Gasteiger partial charge in [-0.1, -0.05) is 13.8 Å². The number of hydrogen-bond acceptors (Lipinski definition) is 2. The van der Waals surface area contributed by atoms with Crippen molar-refractivity contribution in [2.24, 2.45) is 5.73 Å². The fourth-order valence-corrected chi connectivity index (χ4v) is 0.722. The molecule has 1 aromatic rings. The molecule has 0 aromatic carbocycles. The van der Waals surface area contributed by atoms with Gasteiger partial charge in [-0.25, -0.2) is 0 Å². The van der Waals surface area contributed by atoms with Crippen LogP contribution in [-0.4, -0.2) is 16.3 Å². The molecule has 0 saturated carbocycles. The minimum Gasteiger partial charge on any atom is -0.329 e. The second-order valence-electron chi connectivity index (χ2n) is 2.07. The summed E-state index contributed by atoms with van der Waals surface area (Å²) in [5.74, 6) is 0. The number of nitrogens with zero attached hydrogens (tertiary/aromatic N) is 2. The Kier molecular flexibility index (Phi) is 5.47. The van der Waals surface area contributed by atoms with Crippen molar-refractivity contribution in [1.29, 1.82) is 0 Å². The Bertz CT molecular complexity index is 181. The molecule has 0 aliphatic heterocycles. The Morgan fingerprint density at radius 2 is 2.18 bits per heavy atom. The van der Waals surface area contributed by atoms with Crippen LogP contribution in [0.2, 0.25) is 0 Å². The van der Waals surface area contributed by atoms with E-state index in [-0.39, 0.29) is 0 Å². The molecule has 0 atom stereocenters. The molecule has 0 spiro atoms. The average Bonchev–Trinajstić information content (AvgIpc) is 2.41. The number of nitrogens with two attached hydrogens (primary N) is 1. The molecular formula is C8H17N3. The molecule has 3 nitrogen and oxygen atoms in total. The normalized spacial score (nSPS) is 8.73. The van der Waals surface area contributed by atoms with Gasteiger partial charge >= 0.3 is 0 Å². The molecule has 11 heavy (non-hydrogen) atoms. The van der Waals surface area contributed by atoms with Crippen LogP contribution in [0.1, 0.15) is 19.4 Å². The van der Waals surface area contributed by atoms with E-state index in [4.69, 9.17) is 5.73 Å². The quantitative estimate of drug-likeness (QED) is 0.697. The highest BCUT2D eigenvalue weighted by Crippen LogP contribution is 1.91. The molecule has 0 radical (unpaired) electrons. The van der Waals surface area contributed by atoms with Crippen LogP contribution in [0.15, 0.2) is 12.4 Å². The summed E-state index contributed by atoms with van der Waals surface area (Å²) in [6.45, 7) is 7.48. The van der Waals surface area contributed by atoms with Gasteiger partial charge in [0.1, 0.15) is 0 Å². The van der Waals surface area contributed by atoms with Crippen LogP contribution in [0.5, 0.6) is 0 Å². The molecular weight excluding hydrogens is 138 g/mol. The maximum atomic E-state index is 5.31. The van der Waals surface area contributed by atoms with Crippen LogP contribution in [0.25, 0.3) is 0 Å². The maximum Gasteiger partial charge on any atom is 0.0531 e. The molecule has 1 aromatic heterocycles. The van der Waals surface area contributed by atoms with Gasteiger partial charge in [0.25, 0.3) is 0 Å². The van der Waals surface area contributed by atoms with Crippen molar-refractivity contribution in [2.45, 2.75) is 27.3 Å². The lowest BCUT2D eigenvalue weighted by Gasteiger charge is -1.93. The molecule has 0 amide bonds. The number of hydrogen-bond donors (Lipinski definition) is 1. The van der Waals surface area contributed by atoms with Crippen LogP contribution >= 0.6 is 0 Å². The van der Waals surface area contributed by atoms with E-state index in [2.05, 4.69) is 5.10 Å².